The van der Waals surface area contributed by atoms with E-state index in [1.54, 1.807) is 6.92 Å². The van der Waals surface area contributed by atoms with Gasteiger partial charge in [0.1, 0.15) is 0 Å². The van der Waals surface area contributed by atoms with Gasteiger partial charge in [-0.2, -0.15) is 0 Å². The normalized spacial score (nSPS) is 6.43. The summed E-state index contributed by atoms with van der Waals surface area (Å²) in [6, 6.07) is 0. The van der Waals surface area contributed by atoms with Crippen molar-refractivity contribution in [2.75, 3.05) is 0 Å². The Morgan fingerprint density at radius 1 is 1.86 bits per heavy atom. The van der Waals surface area contributed by atoms with Gasteiger partial charge in [-0.1, -0.05) is 12.5 Å². The average molecular weight is 95.1 g/mol. The van der Waals surface area contributed by atoms with Crippen LogP contribution in [-0.4, -0.2) is 0 Å². The fourth-order valence-corrected chi connectivity index (χ4v) is 0.202. The molecule has 0 spiro atoms. The molecule has 0 aliphatic heterocycles. The lowest BCUT2D eigenvalue weighted by atomic mass is 10.4. The molecule has 0 amide bonds. The van der Waals surface area contributed by atoms with Crippen molar-refractivity contribution in [2.45, 2.75) is 13.3 Å². The molecule has 0 aromatic heterocycles. The molecule has 7 heavy (non-hydrogen) atoms. The van der Waals surface area contributed by atoms with E-state index in [9.17, 15) is 0 Å². The molecule has 1 heteroatoms. The molecule has 0 saturated carbocycles. The first-order chi connectivity index (χ1) is 3.27. The molecule has 0 saturated heterocycles. The lowest BCUT2D eigenvalue weighted by Crippen LogP contribution is -1.90. The zero-order chi connectivity index (χ0) is 5.70. The summed E-state index contributed by atoms with van der Waals surface area (Å²) in [6.45, 7) is 5.25. The van der Waals surface area contributed by atoms with E-state index >= 15 is 0 Å². The number of rotatable bonds is 1. The standard InChI is InChI=1S/C6H9N/c1-3-4-5-6(2)7/h2,5,7H2,1H3. The highest BCUT2D eigenvalue weighted by atomic mass is 14.5. The van der Waals surface area contributed by atoms with Crippen molar-refractivity contribution in [2.24, 2.45) is 5.73 Å². The minimum atomic E-state index is 0.622. The lowest BCUT2D eigenvalue weighted by Gasteiger charge is -1.82. The maximum atomic E-state index is 5.18. The number of hydrogen-bond acceptors (Lipinski definition) is 1. The van der Waals surface area contributed by atoms with Gasteiger partial charge < -0.3 is 5.73 Å². The zero-order valence-electron chi connectivity index (χ0n) is 4.49. The SMILES string of the molecule is C=C(N)CC#CC. The Labute approximate surface area is 44.2 Å². The van der Waals surface area contributed by atoms with E-state index in [0.29, 0.717) is 12.1 Å². The summed E-state index contributed by atoms with van der Waals surface area (Å²) < 4.78 is 0. The Hall–Kier alpha value is -0.900. The molecule has 1 nitrogen and oxygen atoms in total. The molecule has 0 aromatic carbocycles. The Bertz CT molecular complexity index is 114. The molecule has 0 aliphatic rings. The largest absolute Gasteiger partial charge is 0.402 e. The van der Waals surface area contributed by atoms with Crippen molar-refractivity contribution in [3.63, 3.8) is 0 Å². The molecule has 0 unspecified atom stereocenters. The van der Waals surface area contributed by atoms with Gasteiger partial charge in [-0.15, -0.1) is 5.92 Å². The Morgan fingerprint density at radius 2 is 2.43 bits per heavy atom. The molecule has 0 aromatic rings. The predicted octanol–water partition coefficient (Wildman–Crippen LogP) is 0.872. The first-order valence-electron chi connectivity index (χ1n) is 2.10. The fraction of sp³-hybridized carbons (Fsp3) is 0.333. The maximum absolute atomic E-state index is 5.18. The minimum absolute atomic E-state index is 0.622. The number of allylic oxidation sites excluding steroid dienone is 1. The Morgan fingerprint density at radius 3 is 2.57 bits per heavy atom. The maximum Gasteiger partial charge on any atom is 0.0480 e. The van der Waals surface area contributed by atoms with Crippen LogP contribution in [0.15, 0.2) is 12.3 Å². The van der Waals surface area contributed by atoms with Gasteiger partial charge in [0.05, 0.1) is 0 Å². The quantitative estimate of drug-likeness (QED) is 0.480. The van der Waals surface area contributed by atoms with Crippen LogP contribution in [0.5, 0.6) is 0 Å². The smallest absolute Gasteiger partial charge is 0.0480 e. The van der Waals surface area contributed by atoms with Gasteiger partial charge in [-0.25, -0.2) is 0 Å². The Kier molecular flexibility index (Phi) is 2.87. The molecule has 0 radical (unpaired) electrons. The molecule has 0 atom stereocenters. The van der Waals surface area contributed by atoms with Gasteiger partial charge in [-0.05, 0) is 6.92 Å². The van der Waals surface area contributed by atoms with Gasteiger partial charge in [0, 0.05) is 12.1 Å². The lowest BCUT2D eigenvalue weighted by molar-refractivity contribution is 1.22. The molecule has 0 bridgehead atoms. The first kappa shape index (κ1) is 6.10. The molecule has 38 valence electrons. The number of nitrogens with two attached hydrogens (primary N) is 1. The van der Waals surface area contributed by atoms with Crippen molar-refractivity contribution in [3.05, 3.63) is 12.3 Å². The highest BCUT2D eigenvalue weighted by Gasteiger charge is 1.73. The van der Waals surface area contributed by atoms with E-state index in [-0.39, 0.29) is 0 Å². The highest BCUT2D eigenvalue weighted by molar-refractivity contribution is 5.05. The summed E-state index contributed by atoms with van der Waals surface area (Å²) in [4.78, 5) is 0. The van der Waals surface area contributed by atoms with E-state index < -0.39 is 0 Å². The monoisotopic (exact) mass is 95.1 g/mol. The second kappa shape index (κ2) is 3.30. The highest BCUT2D eigenvalue weighted by Crippen LogP contribution is 1.81. The third-order valence-electron chi connectivity index (χ3n) is 0.492. The summed E-state index contributed by atoms with van der Waals surface area (Å²) in [6.07, 6.45) is 0.622. The van der Waals surface area contributed by atoms with Crippen LogP contribution in [0.25, 0.3) is 0 Å². The van der Waals surface area contributed by atoms with Crippen LogP contribution >= 0.6 is 0 Å². The zero-order valence-corrected chi connectivity index (χ0v) is 4.49. The number of hydrogen-bond donors (Lipinski definition) is 1. The minimum Gasteiger partial charge on any atom is -0.402 e. The van der Waals surface area contributed by atoms with Crippen LogP contribution < -0.4 is 5.73 Å². The molecular formula is C6H9N. The fourth-order valence-electron chi connectivity index (χ4n) is 0.202. The van der Waals surface area contributed by atoms with Crippen LogP contribution in [-0.2, 0) is 0 Å². The van der Waals surface area contributed by atoms with Gasteiger partial charge in [0.25, 0.3) is 0 Å². The third kappa shape index (κ3) is 5.10. The van der Waals surface area contributed by atoms with Crippen molar-refractivity contribution >= 4 is 0 Å². The summed E-state index contributed by atoms with van der Waals surface area (Å²) >= 11 is 0. The predicted molar refractivity (Wildman–Crippen MR) is 31.4 cm³/mol. The Balaban J connectivity index is 3.26. The third-order valence-corrected chi connectivity index (χ3v) is 0.492. The van der Waals surface area contributed by atoms with E-state index in [2.05, 4.69) is 18.4 Å². The van der Waals surface area contributed by atoms with Gasteiger partial charge in [-0.3, -0.25) is 0 Å². The van der Waals surface area contributed by atoms with Crippen LogP contribution in [0.3, 0.4) is 0 Å². The van der Waals surface area contributed by atoms with Crippen LogP contribution in [0.4, 0.5) is 0 Å². The molecule has 0 heterocycles. The van der Waals surface area contributed by atoms with Crippen molar-refractivity contribution < 1.29 is 0 Å². The van der Waals surface area contributed by atoms with E-state index in [1.165, 1.54) is 0 Å². The van der Waals surface area contributed by atoms with Gasteiger partial charge in [0.15, 0.2) is 0 Å². The summed E-state index contributed by atoms with van der Waals surface area (Å²) in [5.41, 5.74) is 5.82. The van der Waals surface area contributed by atoms with Crippen LogP contribution in [0.2, 0.25) is 0 Å². The van der Waals surface area contributed by atoms with Crippen molar-refractivity contribution in [3.8, 4) is 11.8 Å². The average Bonchev–Trinajstić information content (AvgIpc) is 1.61. The van der Waals surface area contributed by atoms with Gasteiger partial charge >= 0.3 is 0 Å². The van der Waals surface area contributed by atoms with Crippen LogP contribution in [0.1, 0.15) is 13.3 Å². The second-order valence-corrected chi connectivity index (χ2v) is 1.26. The summed E-state index contributed by atoms with van der Waals surface area (Å²) in [7, 11) is 0. The summed E-state index contributed by atoms with van der Waals surface area (Å²) in [5, 5.41) is 0. The molecular weight excluding hydrogens is 86.1 g/mol. The molecule has 0 rings (SSSR count). The van der Waals surface area contributed by atoms with E-state index in [0.717, 1.165) is 0 Å². The topological polar surface area (TPSA) is 26.0 Å². The van der Waals surface area contributed by atoms with Crippen molar-refractivity contribution in [1.29, 1.82) is 0 Å². The second-order valence-electron chi connectivity index (χ2n) is 1.26. The first-order valence-corrected chi connectivity index (χ1v) is 2.10. The molecule has 2 N–H and O–H groups in total. The molecule has 0 aliphatic carbocycles. The summed E-state index contributed by atoms with van der Waals surface area (Å²) in [5.74, 6) is 5.48. The van der Waals surface area contributed by atoms with Crippen LogP contribution in [0, 0.1) is 11.8 Å². The molecule has 0 fully saturated rings. The van der Waals surface area contributed by atoms with Gasteiger partial charge in [0.2, 0.25) is 0 Å². The van der Waals surface area contributed by atoms with Crippen molar-refractivity contribution in [1.82, 2.24) is 0 Å². The van der Waals surface area contributed by atoms with E-state index in [4.69, 9.17) is 5.73 Å². The van der Waals surface area contributed by atoms with E-state index in [1.807, 2.05) is 0 Å².